The molecule has 0 aromatic carbocycles. The summed E-state index contributed by atoms with van der Waals surface area (Å²) in [6.07, 6.45) is 0. The van der Waals surface area contributed by atoms with E-state index in [9.17, 15) is 9.59 Å². The molecule has 8 heteroatoms. The molecule has 1 aromatic heterocycles. The summed E-state index contributed by atoms with van der Waals surface area (Å²) in [4.78, 5) is 23.0. The van der Waals surface area contributed by atoms with Gasteiger partial charge in [-0.2, -0.15) is 5.10 Å². The smallest absolute Gasteiger partial charge is 0.331 e. The number of nitrogens with zero attached hydrogens (tertiary/aromatic N) is 2. The lowest BCUT2D eigenvalue weighted by atomic mass is 10.0. The van der Waals surface area contributed by atoms with E-state index in [1.807, 2.05) is 6.92 Å². The van der Waals surface area contributed by atoms with Gasteiger partial charge in [-0.1, -0.05) is 0 Å². The largest absolute Gasteiger partial charge is 0.480 e. The SMILES string of the molecule is COCC(C)(NC(=O)COc1c(C)nn(C)c1C)C(=O)O. The van der Waals surface area contributed by atoms with Crippen LogP contribution in [0.3, 0.4) is 0 Å². The van der Waals surface area contributed by atoms with Crippen LogP contribution in [-0.2, 0) is 21.4 Å². The van der Waals surface area contributed by atoms with Gasteiger partial charge in [0.1, 0.15) is 5.69 Å². The maximum absolute atomic E-state index is 11.9. The first-order valence-electron chi connectivity index (χ1n) is 6.37. The molecular formula is C13H21N3O5. The lowest BCUT2D eigenvalue weighted by Gasteiger charge is -2.25. The Balaban J connectivity index is 2.67. The second-order valence-electron chi connectivity index (χ2n) is 5.03. The van der Waals surface area contributed by atoms with E-state index in [4.69, 9.17) is 14.6 Å². The molecule has 1 amide bonds. The molecule has 0 aliphatic rings. The van der Waals surface area contributed by atoms with Crippen LogP contribution >= 0.6 is 0 Å². The molecule has 0 bridgehead atoms. The Morgan fingerprint density at radius 3 is 2.48 bits per heavy atom. The summed E-state index contributed by atoms with van der Waals surface area (Å²) in [6.45, 7) is 4.53. The number of rotatable bonds is 7. The molecule has 1 unspecified atom stereocenters. The zero-order chi connectivity index (χ0) is 16.2. The average Bonchev–Trinajstić information content (AvgIpc) is 2.61. The first-order valence-corrected chi connectivity index (χ1v) is 6.37. The minimum Gasteiger partial charge on any atom is -0.480 e. The molecule has 0 radical (unpaired) electrons. The molecule has 0 fully saturated rings. The highest BCUT2D eigenvalue weighted by Gasteiger charge is 2.35. The van der Waals surface area contributed by atoms with Crippen LogP contribution in [-0.4, -0.2) is 52.6 Å². The molecule has 118 valence electrons. The Labute approximate surface area is 123 Å². The van der Waals surface area contributed by atoms with Crippen molar-refractivity contribution in [3.05, 3.63) is 11.4 Å². The highest BCUT2D eigenvalue weighted by atomic mass is 16.5. The number of amides is 1. The predicted octanol–water partition coefficient (Wildman–Crippen LogP) is 0.0216. The van der Waals surface area contributed by atoms with Crippen LogP contribution in [0.25, 0.3) is 0 Å². The van der Waals surface area contributed by atoms with E-state index < -0.39 is 17.4 Å². The van der Waals surface area contributed by atoms with Gasteiger partial charge in [0.05, 0.1) is 12.3 Å². The average molecular weight is 299 g/mol. The molecule has 8 nitrogen and oxygen atoms in total. The van der Waals surface area contributed by atoms with Crippen LogP contribution in [0.1, 0.15) is 18.3 Å². The second-order valence-corrected chi connectivity index (χ2v) is 5.03. The van der Waals surface area contributed by atoms with E-state index in [1.54, 1.807) is 18.7 Å². The van der Waals surface area contributed by atoms with Gasteiger partial charge in [0.2, 0.25) is 0 Å². The number of methoxy groups -OCH3 is 1. The fraction of sp³-hybridized carbons (Fsp3) is 0.615. The number of ether oxygens (including phenoxy) is 2. The number of hydrogen-bond donors (Lipinski definition) is 2. The number of carboxylic acid groups (broad SMARTS) is 1. The normalized spacial score (nSPS) is 13.6. The van der Waals surface area contributed by atoms with Crippen molar-refractivity contribution in [2.24, 2.45) is 7.05 Å². The van der Waals surface area contributed by atoms with Crippen LogP contribution in [0, 0.1) is 13.8 Å². The van der Waals surface area contributed by atoms with Crippen molar-refractivity contribution in [1.29, 1.82) is 0 Å². The maximum atomic E-state index is 11.9. The first kappa shape index (κ1) is 17.0. The van der Waals surface area contributed by atoms with Crippen LogP contribution in [0.4, 0.5) is 0 Å². The number of aromatic nitrogens is 2. The van der Waals surface area contributed by atoms with Crippen LogP contribution in [0.15, 0.2) is 0 Å². The van der Waals surface area contributed by atoms with Crippen molar-refractivity contribution in [3.8, 4) is 5.75 Å². The molecule has 0 aliphatic heterocycles. The van der Waals surface area contributed by atoms with Gasteiger partial charge < -0.3 is 19.9 Å². The van der Waals surface area contributed by atoms with Crippen molar-refractivity contribution < 1.29 is 24.2 Å². The van der Waals surface area contributed by atoms with Crippen molar-refractivity contribution in [2.45, 2.75) is 26.3 Å². The maximum Gasteiger partial charge on any atom is 0.331 e. The van der Waals surface area contributed by atoms with Gasteiger partial charge in [-0.25, -0.2) is 4.79 Å². The summed E-state index contributed by atoms with van der Waals surface area (Å²) < 4.78 is 11.9. The van der Waals surface area contributed by atoms with Crippen molar-refractivity contribution in [3.63, 3.8) is 0 Å². The molecule has 1 atom stereocenters. The van der Waals surface area contributed by atoms with Gasteiger partial charge in [-0.15, -0.1) is 0 Å². The summed E-state index contributed by atoms with van der Waals surface area (Å²) >= 11 is 0. The van der Waals surface area contributed by atoms with Gasteiger partial charge in [-0.05, 0) is 20.8 Å². The third-order valence-electron chi connectivity index (χ3n) is 3.11. The van der Waals surface area contributed by atoms with Crippen molar-refractivity contribution >= 4 is 11.9 Å². The monoisotopic (exact) mass is 299 g/mol. The number of carboxylic acids is 1. The molecule has 0 aliphatic carbocycles. The zero-order valence-electron chi connectivity index (χ0n) is 12.9. The lowest BCUT2D eigenvalue weighted by Crippen LogP contribution is -2.56. The molecule has 21 heavy (non-hydrogen) atoms. The van der Waals surface area contributed by atoms with Gasteiger partial charge in [0.15, 0.2) is 17.9 Å². The highest BCUT2D eigenvalue weighted by Crippen LogP contribution is 2.21. The summed E-state index contributed by atoms with van der Waals surface area (Å²) in [7, 11) is 3.14. The van der Waals surface area contributed by atoms with Gasteiger partial charge in [0.25, 0.3) is 5.91 Å². The lowest BCUT2D eigenvalue weighted by molar-refractivity contribution is -0.149. The Morgan fingerprint density at radius 1 is 1.43 bits per heavy atom. The number of carbonyl (C=O) groups excluding carboxylic acids is 1. The van der Waals surface area contributed by atoms with Gasteiger partial charge >= 0.3 is 5.97 Å². The van der Waals surface area contributed by atoms with Crippen LogP contribution in [0.5, 0.6) is 5.75 Å². The highest BCUT2D eigenvalue weighted by molar-refractivity contribution is 5.87. The van der Waals surface area contributed by atoms with E-state index in [0.717, 1.165) is 5.69 Å². The third-order valence-corrected chi connectivity index (χ3v) is 3.11. The van der Waals surface area contributed by atoms with E-state index in [-0.39, 0.29) is 13.2 Å². The minimum atomic E-state index is -1.49. The van der Waals surface area contributed by atoms with E-state index in [2.05, 4.69) is 10.4 Å². The second kappa shape index (κ2) is 6.57. The van der Waals surface area contributed by atoms with Crippen LogP contribution in [0.2, 0.25) is 0 Å². The number of carbonyl (C=O) groups is 2. The number of nitrogens with one attached hydrogen (secondary N) is 1. The molecule has 0 saturated carbocycles. The molecular weight excluding hydrogens is 278 g/mol. The Hall–Kier alpha value is -2.09. The van der Waals surface area contributed by atoms with E-state index >= 15 is 0 Å². The van der Waals surface area contributed by atoms with E-state index in [0.29, 0.717) is 11.4 Å². The Bertz CT molecular complexity index is 540. The summed E-state index contributed by atoms with van der Waals surface area (Å²) in [6, 6.07) is 0. The summed E-state index contributed by atoms with van der Waals surface area (Å²) in [5.41, 5.74) is -0.0346. The fourth-order valence-electron chi connectivity index (χ4n) is 1.88. The minimum absolute atomic E-state index is 0.140. The molecule has 1 rings (SSSR count). The zero-order valence-corrected chi connectivity index (χ0v) is 12.9. The molecule has 0 spiro atoms. The molecule has 2 N–H and O–H groups in total. The Morgan fingerprint density at radius 2 is 2.05 bits per heavy atom. The molecule has 0 saturated heterocycles. The Kier molecular flexibility index (Phi) is 5.31. The fourth-order valence-corrected chi connectivity index (χ4v) is 1.88. The van der Waals surface area contributed by atoms with Gasteiger partial charge in [0, 0.05) is 14.2 Å². The summed E-state index contributed by atoms with van der Waals surface area (Å²) in [5.74, 6) is -1.19. The number of hydrogen-bond acceptors (Lipinski definition) is 5. The first-order chi connectivity index (χ1) is 9.71. The predicted molar refractivity (Wildman–Crippen MR) is 74.2 cm³/mol. The summed E-state index contributed by atoms with van der Waals surface area (Å²) in [5, 5.41) is 15.7. The quantitative estimate of drug-likeness (QED) is 0.736. The third kappa shape index (κ3) is 3.94. The number of aliphatic carboxylic acids is 1. The van der Waals surface area contributed by atoms with Crippen molar-refractivity contribution in [2.75, 3.05) is 20.3 Å². The molecule has 1 aromatic rings. The molecule has 1 heterocycles. The van der Waals surface area contributed by atoms with E-state index in [1.165, 1.54) is 14.0 Å². The topological polar surface area (TPSA) is 103 Å². The van der Waals surface area contributed by atoms with Crippen LogP contribution < -0.4 is 10.1 Å². The van der Waals surface area contributed by atoms with Gasteiger partial charge in [-0.3, -0.25) is 9.48 Å². The number of aryl methyl sites for hydroxylation is 2. The van der Waals surface area contributed by atoms with Crippen molar-refractivity contribution in [1.82, 2.24) is 15.1 Å². The standard InChI is InChI=1S/C13H21N3O5/c1-8-11(9(2)16(4)15-8)21-6-10(17)14-13(3,7-20-5)12(18)19/h6-7H2,1-5H3,(H,14,17)(H,18,19).